The minimum atomic E-state index is -6.00. The maximum absolute atomic E-state index is 13.8. The molecular weight excluding hydrogens is 517 g/mol. The Morgan fingerprint density at radius 3 is 1.74 bits per heavy atom. The first kappa shape index (κ1) is 28.4. The first-order chi connectivity index (χ1) is 17.8. The number of halogens is 8. The molecule has 0 aromatic heterocycles. The molecule has 0 saturated carbocycles. The van der Waals surface area contributed by atoms with Gasteiger partial charge in [-0.05, 0) is 77.4 Å². The van der Waals surface area contributed by atoms with Crippen molar-refractivity contribution in [2.75, 3.05) is 14.1 Å². The van der Waals surface area contributed by atoms with Crippen LogP contribution in [0.3, 0.4) is 0 Å². The summed E-state index contributed by atoms with van der Waals surface area (Å²) in [6, 6.07) is 6.97. The van der Waals surface area contributed by atoms with E-state index < -0.39 is 30.5 Å². The van der Waals surface area contributed by atoms with Crippen molar-refractivity contribution < 1.29 is 44.1 Å². The number of hydrogen-bond acceptors (Lipinski definition) is 1. The minimum Gasteiger partial charge on any atom is -0.457 e. The molecule has 0 bridgehead atoms. The monoisotopic (exact) mass is 537 g/mol. The lowest BCUT2D eigenvalue weighted by molar-refractivity contribution is -0.462. The Bertz CT molecular complexity index is 1420. The second kappa shape index (κ2) is 11.9. The molecule has 0 spiro atoms. The number of rotatable bonds is 3. The zero-order chi connectivity index (χ0) is 28.0. The molecular formula is C27H20BF8NO. The Hall–Kier alpha value is -4.15. The maximum atomic E-state index is 13.8. The van der Waals surface area contributed by atoms with Crippen LogP contribution in [0, 0.1) is 23.3 Å². The number of hydrogen-bond donors (Lipinski definition) is 0. The highest BCUT2D eigenvalue weighted by atomic mass is 19.5. The van der Waals surface area contributed by atoms with Crippen LogP contribution in [-0.2, 0) is 4.74 Å². The van der Waals surface area contributed by atoms with Crippen LogP contribution < -0.4 is 0 Å². The molecule has 0 unspecified atom stereocenters. The summed E-state index contributed by atoms with van der Waals surface area (Å²) in [5.74, 6) is -3.29. The quantitative estimate of drug-likeness (QED) is 0.223. The molecule has 0 fully saturated rings. The molecule has 198 valence electrons. The van der Waals surface area contributed by atoms with Crippen molar-refractivity contribution in [3.05, 3.63) is 131 Å². The maximum Gasteiger partial charge on any atom is 0.673 e. The fourth-order valence-electron chi connectivity index (χ4n) is 3.30. The number of nitrogens with zero attached hydrogens (tertiary/aromatic N) is 1. The van der Waals surface area contributed by atoms with Crippen LogP contribution in [0.4, 0.5) is 34.8 Å². The van der Waals surface area contributed by atoms with E-state index in [2.05, 4.69) is 0 Å². The first-order valence-corrected chi connectivity index (χ1v) is 11.0. The highest BCUT2D eigenvalue weighted by Crippen LogP contribution is 2.33. The van der Waals surface area contributed by atoms with E-state index in [1.54, 1.807) is 18.2 Å². The van der Waals surface area contributed by atoms with Gasteiger partial charge in [0, 0.05) is 17.7 Å². The topological polar surface area (TPSA) is 12.2 Å². The van der Waals surface area contributed by atoms with Gasteiger partial charge in [-0.15, -0.1) is 0 Å². The number of ether oxygens (including phenoxy) is 1. The first-order valence-electron chi connectivity index (χ1n) is 11.0. The van der Waals surface area contributed by atoms with Gasteiger partial charge in [0.15, 0.2) is 29.0 Å². The lowest BCUT2D eigenvalue weighted by Gasteiger charge is -2.18. The van der Waals surface area contributed by atoms with Gasteiger partial charge in [0.05, 0.1) is 0 Å². The molecule has 0 radical (unpaired) electrons. The summed E-state index contributed by atoms with van der Waals surface area (Å²) in [7, 11) is -2.10. The van der Waals surface area contributed by atoms with Crippen molar-refractivity contribution in [2.45, 2.75) is 0 Å². The largest absolute Gasteiger partial charge is 0.673 e. The SMILES string of the molecule is C[N+](C)=C1C=CC(=CC=C2C=C(c3ccc(F)c(F)c3)C=C(c3ccc(F)c(F)c3)O2)C=C1.F[B-](F)(F)F. The van der Waals surface area contributed by atoms with Gasteiger partial charge in [0.1, 0.15) is 25.6 Å². The summed E-state index contributed by atoms with van der Waals surface area (Å²) in [6.45, 7) is 0. The molecule has 38 heavy (non-hydrogen) atoms. The third kappa shape index (κ3) is 8.19. The molecule has 0 atom stereocenters. The Balaban J connectivity index is 0.000000732. The lowest BCUT2D eigenvalue weighted by Crippen LogP contribution is -2.09. The van der Waals surface area contributed by atoms with Crippen molar-refractivity contribution >= 4 is 24.3 Å². The smallest absolute Gasteiger partial charge is 0.457 e. The van der Waals surface area contributed by atoms with Crippen molar-refractivity contribution in [3.63, 3.8) is 0 Å². The molecule has 1 heterocycles. The van der Waals surface area contributed by atoms with Crippen molar-refractivity contribution in [3.8, 4) is 0 Å². The Morgan fingerprint density at radius 1 is 0.684 bits per heavy atom. The van der Waals surface area contributed by atoms with Crippen LogP contribution in [0.2, 0.25) is 0 Å². The molecule has 4 rings (SSSR count). The van der Waals surface area contributed by atoms with E-state index in [9.17, 15) is 34.8 Å². The van der Waals surface area contributed by atoms with Crippen LogP contribution in [-0.4, -0.2) is 31.6 Å². The Labute approximate surface area is 213 Å². The van der Waals surface area contributed by atoms with E-state index in [-0.39, 0.29) is 5.76 Å². The average Bonchev–Trinajstić information content (AvgIpc) is 2.85. The highest BCUT2D eigenvalue weighted by Gasteiger charge is 2.20. The summed E-state index contributed by atoms with van der Waals surface area (Å²) in [4.78, 5) is 0. The van der Waals surface area contributed by atoms with Gasteiger partial charge in [-0.1, -0.05) is 12.1 Å². The van der Waals surface area contributed by atoms with E-state index in [4.69, 9.17) is 4.74 Å². The highest BCUT2D eigenvalue weighted by molar-refractivity contribution is 6.50. The van der Waals surface area contributed by atoms with Crippen molar-refractivity contribution in [1.82, 2.24) is 0 Å². The van der Waals surface area contributed by atoms with Crippen LogP contribution in [0.15, 0.2) is 96.3 Å². The molecule has 1 aliphatic heterocycles. The summed E-state index contributed by atoms with van der Waals surface area (Å²) in [5.41, 5.74) is 3.23. The molecule has 2 nitrogen and oxygen atoms in total. The normalized spacial score (nSPS) is 15.9. The fraction of sp³-hybridized carbons (Fsp3) is 0.0741. The predicted molar refractivity (Wildman–Crippen MR) is 132 cm³/mol. The average molecular weight is 537 g/mol. The summed E-state index contributed by atoms with van der Waals surface area (Å²) in [5, 5.41) is 0. The van der Waals surface area contributed by atoms with E-state index in [1.165, 1.54) is 12.1 Å². The summed E-state index contributed by atoms with van der Waals surface area (Å²) < 4.78 is 101. The molecule has 11 heteroatoms. The molecule has 2 aliphatic rings. The van der Waals surface area contributed by atoms with E-state index >= 15 is 0 Å². The van der Waals surface area contributed by atoms with Crippen molar-refractivity contribution in [1.29, 1.82) is 0 Å². The van der Waals surface area contributed by atoms with Gasteiger partial charge in [-0.25, -0.2) is 22.1 Å². The minimum absolute atomic E-state index is 0.249. The second-order valence-electron chi connectivity index (χ2n) is 8.18. The zero-order valence-corrected chi connectivity index (χ0v) is 20.0. The lowest BCUT2D eigenvalue weighted by atomic mass is 10.00. The van der Waals surface area contributed by atoms with Gasteiger partial charge < -0.3 is 22.0 Å². The van der Waals surface area contributed by atoms with E-state index in [0.29, 0.717) is 22.5 Å². The van der Waals surface area contributed by atoms with Gasteiger partial charge >= 0.3 is 7.25 Å². The standard InChI is InChI=1S/C27H20F4NO.BF4/c1-32(2)21-8-3-17(4-9-21)5-10-22-13-20(18-6-11-23(28)25(30)14-18)16-27(33-22)19-7-12-24(29)26(31)15-19;2-1(3,4)5/h3-16H,1-2H3;/q+1;-1. The number of allylic oxidation sites excluding steroid dienone is 10. The van der Waals surface area contributed by atoms with Crippen LogP contribution in [0.25, 0.3) is 11.3 Å². The zero-order valence-electron chi connectivity index (χ0n) is 20.0. The predicted octanol–water partition coefficient (Wildman–Crippen LogP) is 7.65. The Morgan fingerprint density at radius 2 is 1.21 bits per heavy atom. The molecule has 2 aromatic carbocycles. The molecule has 0 saturated heterocycles. The summed E-state index contributed by atoms with van der Waals surface area (Å²) in [6.07, 6.45) is 14.6. The van der Waals surface area contributed by atoms with Crippen LogP contribution >= 0.6 is 0 Å². The Kier molecular flexibility index (Phi) is 8.93. The van der Waals surface area contributed by atoms with Crippen LogP contribution in [0.1, 0.15) is 11.1 Å². The third-order valence-corrected chi connectivity index (χ3v) is 5.12. The van der Waals surface area contributed by atoms with Crippen molar-refractivity contribution in [2.24, 2.45) is 0 Å². The van der Waals surface area contributed by atoms with Gasteiger partial charge in [-0.3, -0.25) is 0 Å². The molecule has 1 aliphatic carbocycles. The summed E-state index contributed by atoms with van der Waals surface area (Å²) >= 11 is 0. The fourth-order valence-corrected chi connectivity index (χ4v) is 3.30. The van der Waals surface area contributed by atoms with Gasteiger partial charge in [0.25, 0.3) is 0 Å². The van der Waals surface area contributed by atoms with E-state index in [1.807, 2.05) is 49.1 Å². The van der Waals surface area contributed by atoms with Gasteiger partial charge in [0.2, 0.25) is 0 Å². The van der Waals surface area contributed by atoms with Crippen LogP contribution in [0.5, 0.6) is 0 Å². The molecule has 0 N–H and O–H groups in total. The molecule has 2 aromatic rings. The van der Waals surface area contributed by atoms with E-state index in [0.717, 1.165) is 35.6 Å². The third-order valence-electron chi connectivity index (χ3n) is 5.12. The second-order valence-corrected chi connectivity index (χ2v) is 8.18. The van der Waals surface area contributed by atoms with Gasteiger partial charge in [-0.2, -0.15) is 0 Å². The molecule has 0 amide bonds. The number of benzene rings is 2.